The molecule has 3 rings (SSSR count). The number of sulfonamides is 1. The highest BCUT2D eigenvalue weighted by Gasteiger charge is 2.44. The smallest absolute Gasteiger partial charge is 0.223 e. The van der Waals surface area contributed by atoms with Crippen molar-refractivity contribution in [3.8, 4) is 0 Å². The van der Waals surface area contributed by atoms with E-state index in [-0.39, 0.29) is 17.7 Å². The zero-order valence-corrected chi connectivity index (χ0v) is 15.3. The summed E-state index contributed by atoms with van der Waals surface area (Å²) in [6.45, 7) is 1.72. The minimum absolute atomic E-state index is 0.0148. The van der Waals surface area contributed by atoms with Crippen LogP contribution in [0.5, 0.6) is 0 Å². The highest BCUT2D eigenvalue weighted by Crippen LogP contribution is 2.49. The molecule has 1 aliphatic carbocycles. The summed E-state index contributed by atoms with van der Waals surface area (Å²) in [5, 5.41) is 3.76. The van der Waals surface area contributed by atoms with Crippen molar-refractivity contribution in [2.45, 2.75) is 25.2 Å². The molecule has 0 unspecified atom stereocenters. The number of hydrogen-bond acceptors (Lipinski definition) is 3. The lowest BCUT2D eigenvalue weighted by Crippen LogP contribution is -2.41. The van der Waals surface area contributed by atoms with Crippen molar-refractivity contribution in [1.82, 2.24) is 9.62 Å². The molecule has 2 aliphatic rings. The van der Waals surface area contributed by atoms with Crippen LogP contribution in [0.1, 0.15) is 30.7 Å². The van der Waals surface area contributed by atoms with E-state index in [9.17, 15) is 13.2 Å². The fraction of sp³-hybridized carbons (Fsp3) is 0.588. The number of amides is 1. The number of halogens is 1. The van der Waals surface area contributed by atoms with Crippen LogP contribution in [-0.2, 0) is 14.8 Å². The Bertz CT molecular complexity index is 714. The molecule has 1 aromatic carbocycles. The lowest BCUT2D eigenvalue weighted by atomic mass is 9.98. The number of carbonyl (C=O) groups excluding carboxylic acids is 1. The van der Waals surface area contributed by atoms with E-state index in [0.29, 0.717) is 25.6 Å². The van der Waals surface area contributed by atoms with E-state index in [1.54, 1.807) is 0 Å². The van der Waals surface area contributed by atoms with Gasteiger partial charge in [0.05, 0.1) is 6.26 Å². The molecule has 24 heavy (non-hydrogen) atoms. The molecule has 2 fully saturated rings. The summed E-state index contributed by atoms with van der Waals surface area (Å²) >= 11 is 6.19. The number of piperidine rings is 1. The number of hydrogen-bond donors (Lipinski definition) is 1. The molecule has 2 atom stereocenters. The van der Waals surface area contributed by atoms with E-state index in [0.717, 1.165) is 29.8 Å². The molecular weight excluding hydrogens is 348 g/mol. The maximum Gasteiger partial charge on any atom is 0.223 e. The highest BCUT2D eigenvalue weighted by molar-refractivity contribution is 7.88. The average molecular weight is 371 g/mol. The Hall–Kier alpha value is -1.11. The average Bonchev–Trinajstić information content (AvgIpc) is 3.33. The molecule has 1 heterocycles. The molecule has 7 heteroatoms. The number of nitrogens with zero attached hydrogens (tertiary/aromatic N) is 1. The van der Waals surface area contributed by atoms with Crippen LogP contribution in [0, 0.1) is 11.8 Å². The van der Waals surface area contributed by atoms with Crippen LogP contribution in [0.4, 0.5) is 0 Å². The van der Waals surface area contributed by atoms with Crippen molar-refractivity contribution >= 4 is 27.5 Å². The molecule has 1 saturated carbocycles. The lowest BCUT2D eigenvalue weighted by molar-refractivity contribution is -0.122. The second kappa shape index (κ2) is 7.02. The summed E-state index contributed by atoms with van der Waals surface area (Å²) in [5.74, 6) is 0.682. The van der Waals surface area contributed by atoms with Gasteiger partial charge in [-0.15, -0.1) is 0 Å². The molecule has 0 bridgehead atoms. The van der Waals surface area contributed by atoms with Crippen molar-refractivity contribution in [3.63, 3.8) is 0 Å². The Morgan fingerprint density at radius 2 is 1.96 bits per heavy atom. The fourth-order valence-corrected chi connectivity index (χ4v) is 4.58. The molecule has 132 valence electrons. The minimum atomic E-state index is -3.09. The number of benzene rings is 1. The minimum Gasteiger partial charge on any atom is -0.356 e. The topological polar surface area (TPSA) is 66.5 Å². The molecule has 1 aliphatic heterocycles. The summed E-state index contributed by atoms with van der Waals surface area (Å²) in [5.41, 5.74) is 1.06. The number of nitrogens with one attached hydrogen (secondary N) is 1. The molecule has 5 nitrogen and oxygen atoms in total. The maximum absolute atomic E-state index is 12.3. The Labute approximate surface area is 148 Å². The largest absolute Gasteiger partial charge is 0.356 e. The van der Waals surface area contributed by atoms with Gasteiger partial charge < -0.3 is 5.32 Å². The zero-order chi connectivity index (χ0) is 17.3. The van der Waals surface area contributed by atoms with Crippen molar-refractivity contribution in [2.75, 3.05) is 25.9 Å². The van der Waals surface area contributed by atoms with Crippen LogP contribution in [-0.4, -0.2) is 44.5 Å². The Morgan fingerprint density at radius 3 is 2.58 bits per heavy atom. The van der Waals surface area contributed by atoms with Crippen LogP contribution >= 0.6 is 11.6 Å². The molecule has 1 amide bonds. The molecule has 1 saturated heterocycles. The molecule has 0 aromatic heterocycles. The monoisotopic (exact) mass is 370 g/mol. The quantitative estimate of drug-likeness (QED) is 0.864. The Balaban J connectivity index is 1.44. The summed E-state index contributed by atoms with van der Waals surface area (Å²) in [4.78, 5) is 12.3. The first-order valence-corrected chi connectivity index (χ1v) is 10.6. The van der Waals surface area contributed by atoms with Crippen molar-refractivity contribution in [1.29, 1.82) is 0 Å². The van der Waals surface area contributed by atoms with Crippen LogP contribution in [0.3, 0.4) is 0 Å². The first kappa shape index (κ1) is 17.7. The Kier molecular flexibility index (Phi) is 5.18. The van der Waals surface area contributed by atoms with Gasteiger partial charge in [0, 0.05) is 30.6 Å². The van der Waals surface area contributed by atoms with Crippen LogP contribution in [0.15, 0.2) is 24.3 Å². The number of carbonyl (C=O) groups is 1. The van der Waals surface area contributed by atoms with E-state index in [2.05, 4.69) is 5.32 Å². The van der Waals surface area contributed by atoms with E-state index in [1.807, 2.05) is 24.3 Å². The fourth-order valence-electron chi connectivity index (χ4n) is 3.43. The van der Waals surface area contributed by atoms with Crippen molar-refractivity contribution < 1.29 is 13.2 Å². The van der Waals surface area contributed by atoms with E-state index < -0.39 is 10.0 Å². The van der Waals surface area contributed by atoms with Crippen LogP contribution < -0.4 is 5.32 Å². The molecule has 0 spiro atoms. The third-order valence-corrected chi connectivity index (χ3v) is 6.69. The summed E-state index contributed by atoms with van der Waals surface area (Å²) in [6, 6.07) is 7.69. The second-order valence-corrected chi connectivity index (χ2v) is 9.21. The summed E-state index contributed by atoms with van der Waals surface area (Å²) in [7, 11) is -3.09. The van der Waals surface area contributed by atoms with Crippen LogP contribution in [0.2, 0.25) is 5.02 Å². The normalized spacial score (nSPS) is 25.4. The molecule has 0 radical (unpaired) electrons. The third kappa shape index (κ3) is 4.10. The predicted molar refractivity (Wildman–Crippen MR) is 94.5 cm³/mol. The van der Waals surface area contributed by atoms with Crippen LogP contribution in [0.25, 0.3) is 0 Å². The molecule has 1 N–H and O–H groups in total. The van der Waals surface area contributed by atoms with Gasteiger partial charge in [0.25, 0.3) is 0 Å². The summed E-state index contributed by atoms with van der Waals surface area (Å²) in [6.07, 6.45) is 3.69. The standard InChI is InChI=1S/C17H23ClN2O3S/c1-24(22,23)20-8-6-12(7-9-20)11-19-17(21)15-10-14(15)13-4-2-3-5-16(13)18/h2-5,12,14-15H,6-11H2,1H3,(H,19,21)/t14-,15+/m1/s1. The molecular formula is C17H23ClN2O3S. The first-order valence-electron chi connectivity index (χ1n) is 8.33. The van der Waals surface area contributed by atoms with Gasteiger partial charge in [-0.1, -0.05) is 29.8 Å². The first-order chi connectivity index (χ1) is 11.4. The predicted octanol–water partition coefficient (Wildman–Crippen LogP) is 2.23. The van der Waals surface area contributed by atoms with Gasteiger partial charge in [0.15, 0.2) is 0 Å². The second-order valence-electron chi connectivity index (χ2n) is 6.82. The summed E-state index contributed by atoms with van der Waals surface area (Å²) < 4.78 is 24.5. The van der Waals surface area contributed by atoms with E-state index in [4.69, 9.17) is 11.6 Å². The van der Waals surface area contributed by atoms with Crippen molar-refractivity contribution in [3.05, 3.63) is 34.9 Å². The zero-order valence-electron chi connectivity index (χ0n) is 13.7. The van der Waals surface area contributed by atoms with Gasteiger partial charge in [0.2, 0.25) is 15.9 Å². The van der Waals surface area contributed by atoms with Gasteiger partial charge in [-0.3, -0.25) is 4.79 Å². The highest BCUT2D eigenvalue weighted by atomic mass is 35.5. The number of rotatable bonds is 5. The van der Waals surface area contributed by atoms with E-state index >= 15 is 0 Å². The van der Waals surface area contributed by atoms with Gasteiger partial charge in [-0.2, -0.15) is 0 Å². The van der Waals surface area contributed by atoms with Gasteiger partial charge >= 0.3 is 0 Å². The molecule has 1 aromatic rings. The SMILES string of the molecule is CS(=O)(=O)N1CCC(CNC(=O)[C@H]2C[C@@H]2c2ccccc2Cl)CC1. The van der Waals surface area contributed by atoms with Gasteiger partial charge in [-0.05, 0) is 42.7 Å². The maximum atomic E-state index is 12.3. The van der Waals surface area contributed by atoms with Crippen molar-refractivity contribution in [2.24, 2.45) is 11.8 Å². The lowest BCUT2D eigenvalue weighted by Gasteiger charge is -2.30. The van der Waals surface area contributed by atoms with Gasteiger partial charge in [0.1, 0.15) is 0 Å². The van der Waals surface area contributed by atoms with Gasteiger partial charge in [-0.25, -0.2) is 12.7 Å². The van der Waals surface area contributed by atoms with E-state index in [1.165, 1.54) is 10.6 Å². The Morgan fingerprint density at radius 1 is 1.29 bits per heavy atom. The third-order valence-electron chi connectivity index (χ3n) is 5.04.